The summed E-state index contributed by atoms with van der Waals surface area (Å²) >= 11 is 4.93. The van der Waals surface area contributed by atoms with Crippen molar-refractivity contribution in [3.05, 3.63) is 27.6 Å². The lowest BCUT2D eigenvalue weighted by atomic mass is 10.4. The number of rotatable bonds is 0. The number of H-pyrrole nitrogens is 1. The number of nitrogens with zero attached hydrogens (tertiary/aromatic N) is 3. The fourth-order valence-corrected chi connectivity index (χ4v) is 1.16. The quantitative estimate of drug-likeness (QED) is 0.616. The highest BCUT2D eigenvalue weighted by molar-refractivity contribution is 7.71. The van der Waals surface area contributed by atoms with Crippen molar-refractivity contribution in [3.63, 3.8) is 0 Å². The van der Waals surface area contributed by atoms with E-state index in [4.69, 9.17) is 12.2 Å². The van der Waals surface area contributed by atoms with Gasteiger partial charge in [0.25, 0.3) is 0 Å². The molecule has 0 amide bonds. The first kappa shape index (κ1) is 8.06. The highest BCUT2D eigenvalue weighted by atomic mass is 32.1. The summed E-state index contributed by atoms with van der Waals surface area (Å²) in [4.78, 5) is 20.9. The highest BCUT2D eigenvalue weighted by Crippen LogP contribution is 2.02. The van der Waals surface area contributed by atoms with E-state index < -0.39 is 5.69 Å². The zero-order valence-electron chi connectivity index (χ0n) is 6.81. The maximum Gasteiger partial charge on any atom is 0.346 e. The molecular formula is C7H6N4OS. The van der Waals surface area contributed by atoms with E-state index in [0.717, 1.165) is 5.39 Å². The van der Waals surface area contributed by atoms with Crippen LogP contribution in [0.5, 0.6) is 0 Å². The summed E-state index contributed by atoms with van der Waals surface area (Å²) in [6.07, 6.45) is 3.24. The SMILES string of the molecule is Cn1cc2cnc(=O)[nH]c2nc1=S. The van der Waals surface area contributed by atoms with Crippen LogP contribution in [0.4, 0.5) is 0 Å². The molecule has 0 unspecified atom stereocenters. The van der Waals surface area contributed by atoms with Gasteiger partial charge in [-0.1, -0.05) is 0 Å². The van der Waals surface area contributed by atoms with Gasteiger partial charge in [0.1, 0.15) is 5.65 Å². The zero-order chi connectivity index (χ0) is 9.42. The van der Waals surface area contributed by atoms with Crippen LogP contribution in [0.3, 0.4) is 0 Å². The molecule has 0 saturated heterocycles. The van der Waals surface area contributed by atoms with E-state index in [1.807, 2.05) is 0 Å². The lowest BCUT2D eigenvalue weighted by Crippen LogP contribution is -2.10. The Labute approximate surface area is 78.1 Å². The molecule has 0 aromatic carbocycles. The molecule has 0 aliphatic carbocycles. The summed E-state index contributed by atoms with van der Waals surface area (Å²) in [7, 11) is 1.79. The molecule has 66 valence electrons. The average molecular weight is 194 g/mol. The van der Waals surface area contributed by atoms with E-state index in [-0.39, 0.29) is 0 Å². The van der Waals surface area contributed by atoms with Gasteiger partial charge in [-0.15, -0.1) is 0 Å². The van der Waals surface area contributed by atoms with E-state index in [9.17, 15) is 4.79 Å². The van der Waals surface area contributed by atoms with E-state index in [1.54, 1.807) is 17.8 Å². The predicted octanol–water partition coefficient (Wildman–Crippen LogP) is 0.386. The fraction of sp³-hybridized carbons (Fsp3) is 0.143. The zero-order valence-corrected chi connectivity index (χ0v) is 7.63. The van der Waals surface area contributed by atoms with Crippen molar-refractivity contribution in [2.24, 2.45) is 7.05 Å². The van der Waals surface area contributed by atoms with Crippen LogP contribution in [-0.4, -0.2) is 19.5 Å². The highest BCUT2D eigenvalue weighted by Gasteiger charge is 1.97. The molecule has 0 bridgehead atoms. The third-order valence-corrected chi connectivity index (χ3v) is 2.04. The second-order valence-corrected chi connectivity index (χ2v) is 2.99. The van der Waals surface area contributed by atoms with Gasteiger partial charge in [0, 0.05) is 19.4 Å². The molecule has 1 N–H and O–H groups in total. The molecule has 6 heteroatoms. The van der Waals surface area contributed by atoms with Gasteiger partial charge in [-0.2, -0.15) is 0 Å². The van der Waals surface area contributed by atoms with Crippen molar-refractivity contribution < 1.29 is 0 Å². The number of hydrogen-bond donors (Lipinski definition) is 1. The Morgan fingerprint density at radius 1 is 1.62 bits per heavy atom. The Hall–Kier alpha value is -1.56. The van der Waals surface area contributed by atoms with Gasteiger partial charge in [0.2, 0.25) is 4.77 Å². The van der Waals surface area contributed by atoms with Crippen LogP contribution in [0.25, 0.3) is 11.0 Å². The molecular weight excluding hydrogens is 188 g/mol. The standard InChI is InChI=1S/C7H6N4OS/c1-11-3-4-2-8-6(12)9-5(4)10-7(11)13/h2-3H,1H3,(H,9,10,12,13). The molecule has 0 fully saturated rings. The molecule has 0 atom stereocenters. The largest absolute Gasteiger partial charge is 0.346 e. The first-order chi connectivity index (χ1) is 6.16. The van der Waals surface area contributed by atoms with Gasteiger partial charge in [-0.3, -0.25) is 4.98 Å². The second-order valence-electron chi connectivity index (χ2n) is 2.63. The van der Waals surface area contributed by atoms with Crippen molar-refractivity contribution in [3.8, 4) is 0 Å². The summed E-state index contributed by atoms with van der Waals surface area (Å²) in [6.45, 7) is 0. The van der Waals surface area contributed by atoms with Crippen molar-refractivity contribution in [2.75, 3.05) is 0 Å². The number of hydrogen-bond acceptors (Lipinski definition) is 4. The lowest BCUT2D eigenvalue weighted by molar-refractivity contribution is 0.853. The van der Waals surface area contributed by atoms with Gasteiger partial charge in [-0.25, -0.2) is 14.8 Å². The maximum atomic E-state index is 10.8. The van der Waals surface area contributed by atoms with Gasteiger partial charge in [0.15, 0.2) is 0 Å². The molecule has 0 aliphatic rings. The Morgan fingerprint density at radius 3 is 3.15 bits per heavy atom. The normalized spacial score (nSPS) is 10.5. The molecule has 13 heavy (non-hydrogen) atoms. The van der Waals surface area contributed by atoms with E-state index in [1.165, 1.54) is 6.20 Å². The second kappa shape index (κ2) is 2.74. The van der Waals surface area contributed by atoms with Gasteiger partial charge in [-0.05, 0) is 12.2 Å². The molecule has 2 aromatic rings. The van der Waals surface area contributed by atoms with Crippen molar-refractivity contribution in [1.82, 2.24) is 19.5 Å². The third kappa shape index (κ3) is 1.35. The molecule has 5 nitrogen and oxygen atoms in total. The monoisotopic (exact) mass is 194 g/mol. The minimum Gasteiger partial charge on any atom is -0.326 e. The van der Waals surface area contributed by atoms with Crippen molar-refractivity contribution in [2.45, 2.75) is 0 Å². The average Bonchev–Trinajstić information content (AvgIpc) is 2.08. The van der Waals surface area contributed by atoms with E-state index in [2.05, 4.69) is 15.0 Å². The summed E-state index contributed by atoms with van der Waals surface area (Å²) in [5.41, 5.74) is 0.0614. The Balaban J connectivity index is 2.97. The van der Waals surface area contributed by atoms with Gasteiger partial charge in [0.05, 0.1) is 5.39 Å². The van der Waals surface area contributed by atoms with Gasteiger partial charge < -0.3 is 4.57 Å². The first-order valence-electron chi connectivity index (χ1n) is 3.59. The van der Waals surface area contributed by atoms with Crippen molar-refractivity contribution >= 4 is 23.3 Å². The number of nitrogens with one attached hydrogen (secondary N) is 1. The minimum atomic E-state index is -0.414. The van der Waals surface area contributed by atoms with Crippen LogP contribution in [0.15, 0.2) is 17.2 Å². The Bertz CT molecular complexity index is 570. The summed E-state index contributed by atoms with van der Waals surface area (Å²) in [6, 6.07) is 0. The van der Waals surface area contributed by atoms with Crippen LogP contribution in [0.1, 0.15) is 0 Å². The first-order valence-corrected chi connectivity index (χ1v) is 4.00. The van der Waals surface area contributed by atoms with E-state index >= 15 is 0 Å². The smallest absolute Gasteiger partial charge is 0.326 e. The number of aromatic nitrogens is 4. The lowest BCUT2D eigenvalue weighted by Gasteiger charge is -1.99. The van der Waals surface area contributed by atoms with E-state index in [0.29, 0.717) is 10.4 Å². The number of aromatic amines is 1. The summed E-state index contributed by atoms with van der Waals surface area (Å²) in [5, 5.41) is 0.760. The molecule has 0 aliphatic heterocycles. The fourth-order valence-electron chi connectivity index (χ4n) is 1.02. The van der Waals surface area contributed by atoms with Crippen LogP contribution < -0.4 is 5.69 Å². The third-order valence-electron chi connectivity index (χ3n) is 1.66. The number of aryl methyl sites for hydroxylation is 1. The Morgan fingerprint density at radius 2 is 2.38 bits per heavy atom. The molecule has 0 radical (unpaired) electrons. The van der Waals surface area contributed by atoms with Crippen molar-refractivity contribution in [1.29, 1.82) is 0 Å². The van der Waals surface area contributed by atoms with Crippen LogP contribution in [0, 0.1) is 4.77 Å². The molecule has 0 spiro atoms. The van der Waals surface area contributed by atoms with Crippen LogP contribution in [0.2, 0.25) is 0 Å². The van der Waals surface area contributed by atoms with Gasteiger partial charge >= 0.3 is 5.69 Å². The molecule has 2 rings (SSSR count). The molecule has 2 heterocycles. The Kier molecular flexibility index (Phi) is 1.70. The molecule has 2 aromatic heterocycles. The van der Waals surface area contributed by atoms with Crippen LogP contribution >= 0.6 is 12.2 Å². The maximum absolute atomic E-state index is 10.8. The summed E-state index contributed by atoms with van der Waals surface area (Å²) < 4.78 is 2.12. The number of fused-ring (bicyclic) bond motifs is 1. The topological polar surface area (TPSA) is 63.6 Å². The predicted molar refractivity (Wildman–Crippen MR) is 50.0 cm³/mol. The van der Waals surface area contributed by atoms with Crippen LogP contribution in [-0.2, 0) is 7.05 Å². The molecule has 0 saturated carbocycles. The summed E-state index contributed by atoms with van der Waals surface area (Å²) in [5.74, 6) is 0. The minimum absolute atomic E-state index is 0.414.